The molecule has 1 unspecified atom stereocenters. The highest BCUT2D eigenvalue weighted by Crippen LogP contribution is 2.51. The largest absolute Gasteiger partial charge is 0.272 e. The lowest BCUT2D eigenvalue weighted by Crippen LogP contribution is -2.55. The second-order valence-corrected chi connectivity index (χ2v) is 9.58. The maximum Gasteiger partial charge on any atom is 0.258 e. The van der Waals surface area contributed by atoms with E-state index < -0.39 is 11.3 Å². The van der Waals surface area contributed by atoms with Gasteiger partial charge in [0.15, 0.2) is 0 Å². The monoisotopic (exact) mass is 507 g/mol. The number of halogens is 2. The summed E-state index contributed by atoms with van der Waals surface area (Å²) in [4.78, 5) is 29.4. The van der Waals surface area contributed by atoms with E-state index in [1.807, 2.05) is 91.0 Å². The molecule has 1 atom stereocenters. The van der Waals surface area contributed by atoms with Gasteiger partial charge in [-0.05, 0) is 57.7 Å². The van der Waals surface area contributed by atoms with Gasteiger partial charge in [-0.15, -0.1) is 0 Å². The van der Waals surface area contributed by atoms with Crippen LogP contribution in [-0.2, 0) is 15.0 Å². The highest BCUT2D eigenvalue weighted by atomic mass is 35.5. The Morgan fingerprint density at radius 3 is 2.06 bits per heavy atom. The predicted molar refractivity (Wildman–Crippen MR) is 144 cm³/mol. The zero-order valence-corrected chi connectivity index (χ0v) is 20.5. The van der Waals surface area contributed by atoms with Crippen LogP contribution >= 0.6 is 23.2 Å². The second kappa shape index (κ2) is 8.63. The summed E-state index contributed by atoms with van der Waals surface area (Å²) in [6.07, 6.45) is 3.54. The first-order chi connectivity index (χ1) is 17.5. The van der Waals surface area contributed by atoms with Gasteiger partial charge in [-0.25, -0.2) is 4.90 Å². The van der Waals surface area contributed by atoms with Crippen LogP contribution in [0.25, 0.3) is 5.57 Å². The van der Waals surface area contributed by atoms with E-state index >= 15 is 0 Å². The molecule has 36 heavy (non-hydrogen) atoms. The molecule has 0 saturated carbocycles. The van der Waals surface area contributed by atoms with Gasteiger partial charge in [0.05, 0.1) is 15.7 Å². The number of amides is 2. The normalized spacial score (nSPS) is 18.8. The van der Waals surface area contributed by atoms with Crippen LogP contribution in [0.2, 0.25) is 10.0 Å². The number of benzene rings is 4. The van der Waals surface area contributed by atoms with E-state index in [0.717, 1.165) is 27.8 Å². The van der Waals surface area contributed by atoms with Gasteiger partial charge in [-0.3, -0.25) is 9.59 Å². The first kappa shape index (κ1) is 22.5. The zero-order chi connectivity index (χ0) is 24.9. The Kier molecular flexibility index (Phi) is 5.40. The van der Waals surface area contributed by atoms with Crippen LogP contribution in [0.3, 0.4) is 0 Å². The summed E-state index contributed by atoms with van der Waals surface area (Å²) >= 11 is 12.4. The molecule has 4 aromatic rings. The maximum atomic E-state index is 14.7. The highest BCUT2D eigenvalue weighted by Gasteiger charge is 2.54. The molecule has 5 heteroatoms. The van der Waals surface area contributed by atoms with Gasteiger partial charge >= 0.3 is 0 Å². The molecule has 2 amide bonds. The van der Waals surface area contributed by atoms with Crippen molar-refractivity contribution in [3.63, 3.8) is 0 Å². The zero-order valence-electron chi connectivity index (χ0n) is 19.0. The number of anilines is 1. The van der Waals surface area contributed by atoms with Crippen molar-refractivity contribution in [3.05, 3.63) is 153 Å². The smallest absolute Gasteiger partial charge is 0.258 e. The number of allylic oxidation sites excluding steroid dienone is 1. The summed E-state index contributed by atoms with van der Waals surface area (Å²) in [6.45, 7) is 0. The number of carbonyl (C=O) groups excluding carboxylic acids is 2. The molecule has 0 bridgehead atoms. The molecule has 1 aliphatic carbocycles. The third-order valence-electron chi connectivity index (χ3n) is 6.83. The van der Waals surface area contributed by atoms with Crippen LogP contribution < -0.4 is 4.90 Å². The predicted octanol–water partition coefficient (Wildman–Crippen LogP) is 7.22. The number of fused-ring (bicyclic) bond motifs is 3. The van der Waals surface area contributed by atoms with Gasteiger partial charge in [-0.1, -0.05) is 108 Å². The van der Waals surface area contributed by atoms with Crippen molar-refractivity contribution in [1.82, 2.24) is 0 Å². The number of carbonyl (C=O) groups is 2. The van der Waals surface area contributed by atoms with Gasteiger partial charge in [0, 0.05) is 6.08 Å². The fourth-order valence-electron chi connectivity index (χ4n) is 5.25. The molecule has 0 radical (unpaired) electrons. The van der Waals surface area contributed by atoms with Gasteiger partial charge in [0.25, 0.3) is 11.8 Å². The Hall–Kier alpha value is -3.92. The number of imide groups is 1. The summed E-state index contributed by atoms with van der Waals surface area (Å²) in [5.41, 5.74) is 4.34. The Morgan fingerprint density at radius 1 is 0.667 bits per heavy atom. The van der Waals surface area contributed by atoms with Crippen LogP contribution in [0.15, 0.2) is 121 Å². The fourth-order valence-corrected chi connectivity index (χ4v) is 5.55. The minimum Gasteiger partial charge on any atom is -0.272 e. The van der Waals surface area contributed by atoms with E-state index in [4.69, 9.17) is 23.2 Å². The molecule has 1 heterocycles. The molecule has 2 aliphatic rings. The van der Waals surface area contributed by atoms with Gasteiger partial charge < -0.3 is 0 Å². The molecule has 174 valence electrons. The third-order valence-corrected chi connectivity index (χ3v) is 7.57. The Labute approximate surface area is 218 Å². The van der Waals surface area contributed by atoms with Crippen molar-refractivity contribution < 1.29 is 9.59 Å². The van der Waals surface area contributed by atoms with Crippen LogP contribution in [0.1, 0.15) is 22.3 Å². The first-order valence-corrected chi connectivity index (χ1v) is 12.3. The van der Waals surface area contributed by atoms with Crippen molar-refractivity contribution >= 4 is 46.3 Å². The number of rotatable bonds is 3. The van der Waals surface area contributed by atoms with E-state index in [1.54, 1.807) is 24.3 Å². The standard InChI is InChI=1S/C31H19Cl2NO2/c32-27-16-15-23(19-28(27)33)34-29(35)18-22-17-25(20-9-3-1-4-10-20)24-13-7-8-14-26(24)31(22,30(34)36)21-11-5-2-6-12-21/h1-19H. The summed E-state index contributed by atoms with van der Waals surface area (Å²) in [6, 6.07) is 32.3. The highest BCUT2D eigenvalue weighted by molar-refractivity contribution is 6.42. The lowest BCUT2D eigenvalue weighted by atomic mass is 9.61. The quantitative estimate of drug-likeness (QED) is 0.274. The van der Waals surface area contributed by atoms with E-state index in [-0.39, 0.29) is 10.9 Å². The summed E-state index contributed by atoms with van der Waals surface area (Å²) < 4.78 is 0. The SMILES string of the molecule is O=C1C=C2C=C(c3ccccc3)c3ccccc3C2(c2ccccc2)C(=O)N1c1ccc(Cl)c(Cl)c1. The van der Waals surface area contributed by atoms with Crippen LogP contribution in [0, 0.1) is 0 Å². The molecule has 0 saturated heterocycles. The lowest BCUT2D eigenvalue weighted by molar-refractivity contribution is -0.127. The molecule has 3 nitrogen and oxygen atoms in total. The number of nitrogens with zero attached hydrogens (tertiary/aromatic N) is 1. The molecule has 1 aliphatic heterocycles. The van der Waals surface area contributed by atoms with Crippen molar-refractivity contribution in [2.75, 3.05) is 4.90 Å². The summed E-state index contributed by atoms with van der Waals surface area (Å²) in [5, 5.41) is 0.624. The minimum atomic E-state index is -1.21. The molecule has 0 N–H and O–H groups in total. The van der Waals surface area contributed by atoms with Crippen LogP contribution in [0.4, 0.5) is 5.69 Å². The van der Waals surface area contributed by atoms with Crippen LogP contribution in [0.5, 0.6) is 0 Å². The van der Waals surface area contributed by atoms with Gasteiger partial charge in [-0.2, -0.15) is 0 Å². The van der Waals surface area contributed by atoms with E-state index in [2.05, 4.69) is 0 Å². The topological polar surface area (TPSA) is 37.4 Å². The summed E-state index contributed by atoms with van der Waals surface area (Å²) in [7, 11) is 0. The third kappa shape index (κ3) is 3.28. The lowest BCUT2D eigenvalue weighted by Gasteiger charge is -2.44. The van der Waals surface area contributed by atoms with E-state index in [0.29, 0.717) is 16.3 Å². The second-order valence-electron chi connectivity index (χ2n) is 8.76. The Balaban J connectivity index is 1.68. The fraction of sp³-hybridized carbons (Fsp3) is 0.0323. The van der Waals surface area contributed by atoms with Crippen molar-refractivity contribution in [3.8, 4) is 0 Å². The van der Waals surface area contributed by atoms with Gasteiger partial charge in [0.2, 0.25) is 0 Å². The summed E-state index contributed by atoms with van der Waals surface area (Å²) in [5.74, 6) is -0.784. The van der Waals surface area contributed by atoms with Crippen molar-refractivity contribution in [2.24, 2.45) is 0 Å². The maximum absolute atomic E-state index is 14.7. The molecular weight excluding hydrogens is 489 g/mol. The molecule has 4 aromatic carbocycles. The number of hydrogen-bond acceptors (Lipinski definition) is 2. The molecule has 6 rings (SSSR count). The van der Waals surface area contributed by atoms with Crippen molar-refractivity contribution in [2.45, 2.75) is 5.41 Å². The van der Waals surface area contributed by atoms with Crippen molar-refractivity contribution in [1.29, 1.82) is 0 Å². The first-order valence-electron chi connectivity index (χ1n) is 11.5. The van der Waals surface area contributed by atoms with Crippen LogP contribution in [-0.4, -0.2) is 11.8 Å². The van der Waals surface area contributed by atoms with E-state index in [9.17, 15) is 9.59 Å². The average Bonchev–Trinajstić information content (AvgIpc) is 2.91. The Morgan fingerprint density at radius 2 is 1.33 bits per heavy atom. The number of hydrogen-bond donors (Lipinski definition) is 0. The molecular formula is C31H19Cl2NO2. The molecule has 0 spiro atoms. The Bertz CT molecular complexity index is 1590. The minimum absolute atomic E-state index is 0.272. The molecule has 0 aromatic heterocycles. The molecule has 0 fully saturated rings. The van der Waals surface area contributed by atoms with E-state index in [1.165, 1.54) is 4.90 Å². The van der Waals surface area contributed by atoms with Gasteiger partial charge in [0.1, 0.15) is 5.41 Å². The average molecular weight is 508 g/mol.